The van der Waals surface area contributed by atoms with Crippen LogP contribution in [0, 0.1) is 0 Å². The summed E-state index contributed by atoms with van der Waals surface area (Å²) < 4.78 is 16.9. The van der Waals surface area contributed by atoms with Crippen LogP contribution < -0.4 is 0 Å². The van der Waals surface area contributed by atoms with E-state index in [-0.39, 0.29) is 31.1 Å². The van der Waals surface area contributed by atoms with Gasteiger partial charge < -0.3 is 14.2 Å². The zero-order valence-electron chi connectivity index (χ0n) is 49.9. The molecule has 0 spiro atoms. The van der Waals surface area contributed by atoms with Gasteiger partial charge in [-0.05, 0) is 70.6 Å². The fraction of sp³-hybridized carbons (Fsp3) is 0.868. The van der Waals surface area contributed by atoms with Gasteiger partial charge in [-0.15, -0.1) is 0 Å². The molecule has 0 saturated carbocycles. The summed E-state index contributed by atoms with van der Waals surface area (Å²) in [5.41, 5.74) is 0. The molecule has 0 saturated heterocycles. The highest BCUT2D eigenvalue weighted by atomic mass is 16.6. The zero-order valence-corrected chi connectivity index (χ0v) is 49.9. The van der Waals surface area contributed by atoms with Gasteiger partial charge in [-0.2, -0.15) is 0 Å². The van der Waals surface area contributed by atoms with Gasteiger partial charge in [0.2, 0.25) is 0 Å². The number of hydrogen-bond acceptors (Lipinski definition) is 6. The second kappa shape index (κ2) is 63.2. The van der Waals surface area contributed by atoms with E-state index in [0.29, 0.717) is 19.3 Å². The van der Waals surface area contributed by atoms with Gasteiger partial charge in [-0.3, -0.25) is 14.4 Å². The van der Waals surface area contributed by atoms with Crippen molar-refractivity contribution in [1.82, 2.24) is 0 Å². The second-order valence-corrected chi connectivity index (χ2v) is 22.4. The smallest absolute Gasteiger partial charge is 0.306 e. The van der Waals surface area contributed by atoms with Gasteiger partial charge in [0.15, 0.2) is 6.10 Å². The zero-order chi connectivity index (χ0) is 53.6. The largest absolute Gasteiger partial charge is 0.462 e. The fourth-order valence-corrected chi connectivity index (χ4v) is 9.89. The Morgan fingerprint density at radius 1 is 0.270 bits per heavy atom. The average Bonchev–Trinajstić information content (AvgIpc) is 3.40. The highest BCUT2D eigenvalue weighted by molar-refractivity contribution is 5.71. The molecule has 0 aromatic rings. The maximum absolute atomic E-state index is 12.9. The topological polar surface area (TPSA) is 78.9 Å². The third-order valence-electron chi connectivity index (χ3n) is 14.8. The molecule has 434 valence electrons. The molecule has 0 rings (SSSR count). The summed E-state index contributed by atoms with van der Waals surface area (Å²) in [6.45, 7) is 6.60. The lowest BCUT2D eigenvalue weighted by Crippen LogP contribution is -2.30. The summed E-state index contributed by atoms with van der Waals surface area (Å²) in [6.07, 6.45) is 77.5. The number of carbonyl (C=O) groups is 3. The molecule has 0 bridgehead atoms. The van der Waals surface area contributed by atoms with Crippen molar-refractivity contribution in [2.45, 2.75) is 367 Å². The van der Waals surface area contributed by atoms with Crippen molar-refractivity contribution in [2.24, 2.45) is 0 Å². The molecular weight excluding hydrogens is 913 g/mol. The van der Waals surface area contributed by atoms with Crippen LogP contribution in [0.5, 0.6) is 0 Å². The van der Waals surface area contributed by atoms with Crippen molar-refractivity contribution in [3.8, 4) is 0 Å². The number of unbranched alkanes of at least 4 members (excludes halogenated alkanes) is 44. The highest BCUT2D eigenvalue weighted by Gasteiger charge is 2.19. The predicted molar refractivity (Wildman–Crippen MR) is 321 cm³/mol. The third-order valence-corrected chi connectivity index (χ3v) is 14.8. The van der Waals surface area contributed by atoms with Gasteiger partial charge >= 0.3 is 17.9 Å². The number of ether oxygens (including phenoxy) is 3. The normalized spacial score (nSPS) is 12.2. The molecule has 6 nitrogen and oxygen atoms in total. The third kappa shape index (κ3) is 60.5. The van der Waals surface area contributed by atoms with E-state index in [1.807, 2.05) is 0 Å². The minimum absolute atomic E-state index is 0.0725. The number of esters is 3. The number of rotatable bonds is 61. The number of hydrogen-bond donors (Lipinski definition) is 0. The number of allylic oxidation sites excluding steroid dienone is 6. The van der Waals surface area contributed by atoms with E-state index >= 15 is 0 Å². The van der Waals surface area contributed by atoms with E-state index in [4.69, 9.17) is 14.2 Å². The van der Waals surface area contributed by atoms with Crippen LogP contribution in [0.4, 0.5) is 0 Å². The van der Waals surface area contributed by atoms with Gasteiger partial charge in [0, 0.05) is 19.3 Å². The van der Waals surface area contributed by atoms with E-state index in [0.717, 1.165) is 77.0 Å². The molecule has 0 aliphatic carbocycles. The first-order valence-corrected chi connectivity index (χ1v) is 33.0. The van der Waals surface area contributed by atoms with E-state index in [1.54, 1.807) is 0 Å². The SMILES string of the molecule is CCC/C=C\CCCCCCCC(=O)OCC(COC(=O)CCCCCCCCCCCCCCCCCCCCCCCCCCCCC)OC(=O)CCCCCCCCCCC/C=C\C/C=C\CCCCC. The molecule has 0 aliphatic rings. The Bertz CT molecular complexity index is 1240. The first kappa shape index (κ1) is 71.6. The Labute approximate surface area is 461 Å². The lowest BCUT2D eigenvalue weighted by Gasteiger charge is -2.18. The summed E-state index contributed by atoms with van der Waals surface area (Å²) in [5, 5.41) is 0. The van der Waals surface area contributed by atoms with E-state index < -0.39 is 6.10 Å². The van der Waals surface area contributed by atoms with Crippen LogP contribution in [0.15, 0.2) is 36.5 Å². The lowest BCUT2D eigenvalue weighted by molar-refractivity contribution is -0.167. The van der Waals surface area contributed by atoms with Crippen LogP contribution in [0.25, 0.3) is 0 Å². The van der Waals surface area contributed by atoms with Gasteiger partial charge in [0.25, 0.3) is 0 Å². The predicted octanol–water partition coefficient (Wildman–Crippen LogP) is 22.4. The molecule has 0 aromatic carbocycles. The van der Waals surface area contributed by atoms with Crippen molar-refractivity contribution >= 4 is 17.9 Å². The number of carbonyl (C=O) groups excluding carboxylic acids is 3. The molecule has 1 atom stereocenters. The second-order valence-electron chi connectivity index (χ2n) is 22.4. The summed E-state index contributed by atoms with van der Waals surface area (Å²) in [7, 11) is 0. The molecular formula is C68H126O6. The summed E-state index contributed by atoms with van der Waals surface area (Å²) in [6, 6.07) is 0. The van der Waals surface area contributed by atoms with Gasteiger partial charge in [-0.1, -0.05) is 308 Å². The Morgan fingerprint density at radius 2 is 0.514 bits per heavy atom. The standard InChI is InChI=1S/C68H126O6/c1-4-7-10-13-16-19-22-24-26-28-30-31-32-33-34-35-36-37-39-40-42-44-46-49-52-55-58-61-67(70)73-64-65(63-72-66(69)60-57-54-51-48-21-18-15-12-9-6-3)74-68(71)62-59-56-53-50-47-45-43-41-38-29-27-25-23-20-17-14-11-8-5-2/h12,15,17,20,25,27,65H,4-11,13-14,16,18-19,21-24,26,28-64H2,1-3H3/b15-12-,20-17-,27-25-. The lowest BCUT2D eigenvalue weighted by atomic mass is 10.0. The molecule has 0 radical (unpaired) electrons. The van der Waals surface area contributed by atoms with Gasteiger partial charge in [0.1, 0.15) is 13.2 Å². The fourth-order valence-electron chi connectivity index (χ4n) is 9.89. The molecule has 0 heterocycles. The van der Waals surface area contributed by atoms with E-state index in [9.17, 15) is 14.4 Å². The van der Waals surface area contributed by atoms with Crippen molar-refractivity contribution in [3.63, 3.8) is 0 Å². The molecule has 0 amide bonds. The van der Waals surface area contributed by atoms with Crippen LogP contribution in [-0.4, -0.2) is 37.2 Å². The maximum Gasteiger partial charge on any atom is 0.306 e. The minimum Gasteiger partial charge on any atom is -0.462 e. The Kier molecular flexibility index (Phi) is 61.1. The first-order valence-electron chi connectivity index (χ1n) is 33.0. The van der Waals surface area contributed by atoms with Gasteiger partial charge in [-0.25, -0.2) is 0 Å². The molecule has 74 heavy (non-hydrogen) atoms. The van der Waals surface area contributed by atoms with Crippen molar-refractivity contribution in [1.29, 1.82) is 0 Å². The molecule has 0 aromatic heterocycles. The van der Waals surface area contributed by atoms with Gasteiger partial charge in [0.05, 0.1) is 0 Å². The van der Waals surface area contributed by atoms with Crippen molar-refractivity contribution in [3.05, 3.63) is 36.5 Å². The molecule has 0 N–H and O–H groups in total. The van der Waals surface area contributed by atoms with Crippen LogP contribution in [0.3, 0.4) is 0 Å². The Morgan fingerprint density at radius 3 is 0.838 bits per heavy atom. The molecule has 1 unspecified atom stereocenters. The van der Waals surface area contributed by atoms with Crippen LogP contribution >= 0.6 is 0 Å². The molecule has 0 fully saturated rings. The summed E-state index contributed by atoms with van der Waals surface area (Å²) >= 11 is 0. The van der Waals surface area contributed by atoms with Crippen LogP contribution in [0.1, 0.15) is 361 Å². The summed E-state index contributed by atoms with van der Waals surface area (Å²) in [4.78, 5) is 38.2. The first-order chi connectivity index (χ1) is 36.5. The van der Waals surface area contributed by atoms with E-state index in [1.165, 1.54) is 244 Å². The molecule has 0 aliphatic heterocycles. The quantitative estimate of drug-likeness (QED) is 0.0261. The van der Waals surface area contributed by atoms with Crippen molar-refractivity contribution in [2.75, 3.05) is 13.2 Å². The average molecular weight is 1040 g/mol. The monoisotopic (exact) mass is 1040 g/mol. The van der Waals surface area contributed by atoms with E-state index in [2.05, 4.69) is 57.2 Å². The van der Waals surface area contributed by atoms with Crippen LogP contribution in [-0.2, 0) is 28.6 Å². The maximum atomic E-state index is 12.9. The Balaban J connectivity index is 4.14. The van der Waals surface area contributed by atoms with Crippen molar-refractivity contribution < 1.29 is 28.6 Å². The van der Waals surface area contributed by atoms with Crippen LogP contribution in [0.2, 0.25) is 0 Å². The minimum atomic E-state index is -0.775. The molecule has 6 heteroatoms. The summed E-state index contributed by atoms with van der Waals surface area (Å²) in [5.74, 6) is -0.866. The highest BCUT2D eigenvalue weighted by Crippen LogP contribution is 2.18. The Hall–Kier alpha value is -2.37.